The molecule has 2 aromatic carbocycles. The van der Waals surface area contributed by atoms with Crippen LogP contribution in [0.3, 0.4) is 0 Å². The van der Waals surface area contributed by atoms with Crippen molar-refractivity contribution >= 4 is 33.3 Å². The van der Waals surface area contributed by atoms with Crippen molar-refractivity contribution in [1.82, 2.24) is 14.8 Å². The normalized spacial score (nSPS) is 15.2. The van der Waals surface area contributed by atoms with E-state index >= 15 is 0 Å². The number of benzene rings is 2. The van der Waals surface area contributed by atoms with Gasteiger partial charge < -0.3 is 19.5 Å². The molecule has 0 radical (unpaired) electrons. The van der Waals surface area contributed by atoms with Crippen LogP contribution in [0.5, 0.6) is 17.2 Å². The molecule has 0 spiro atoms. The molecule has 176 valence electrons. The average Bonchev–Trinajstić information content (AvgIpc) is 3.39. The molecule has 9 heteroatoms. The number of ether oxygens (including phenoxy) is 3. The average molecular weight is 479 g/mol. The number of nitrogens with one attached hydrogen (secondary N) is 1. The molecule has 5 rings (SSSR count). The third-order valence-electron chi connectivity index (χ3n) is 5.83. The third-order valence-corrected chi connectivity index (χ3v) is 6.83. The summed E-state index contributed by atoms with van der Waals surface area (Å²) in [6.45, 7) is 7.01. The fourth-order valence-corrected chi connectivity index (χ4v) is 5.34. The van der Waals surface area contributed by atoms with E-state index in [0.29, 0.717) is 42.1 Å². The van der Waals surface area contributed by atoms with Crippen molar-refractivity contribution in [2.75, 3.05) is 25.6 Å². The minimum absolute atomic E-state index is 0.0637. The lowest BCUT2D eigenvalue weighted by Gasteiger charge is -2.24. The van der Waals surface area contributed by atoms with Gasteiger partial charge in [0.15, 0.2) is 11.5 Å². The maximum absolute atomic E-state index is 12.8. The van der Waals surface area contributed by atoms with E-state index in [1.807, 2.05) is 57.2 Å². The van der Waals surface area contributed by atoms with Gasteiger partial charge in [0, 0.05) is 17.9 Å². The molecule has 4 aromatic rings. The molecule has 1 aliphatic rings. The highest BCUT2D eigenvalue weighted by molar-refractivity contribution is 7.20. The van der Waals surface area contributed by atoms with Gasteiger partial charge in [-0.15, -0.1) is 0 Å². The summed E-state index contributed by atoms with van der Waals surface area (Å²) in [4.78, 5) is 17.5. The standard InChI is InChI=1S/C25H26N4O4S/c1-5-32-16-8-9-18-21(12-16)34-25(26-18)29-24-23(14(3)28-29)17(13-22(30)27-24)15-7-10-19(33-6-2)20(11-15)31-4/h7-12,17H,5-6,13H2,1-4H3,(H,27,30)/t17-/m1/s1. The Hall–Kier alpha value is -3.59. The first-order valence-corrected chi connectivity index (χ1v) is 12.1. The molecule has 0 aliphatic carbocycles. The number of carbonyl (C=O) groups is 1. The SMILES string of the molecule is CCOc1ccc2nc(-n3nc(C)c4c3NC(=O)C[C@@H]4c3ccc(OCC)c(OC)c3)sc2c1. The van der Waals surface area contributed by atoms with Crippen LogP contribution >= 0.6 is 11.3 Å². The van der Waals surface area contributed by atoms with Crippen molar-refractivity contribution in [3.05, 3.63) is 53.2 Å². The van der Waals surface area contributed by atoms with Crippen LogP contribution in [0.2, 0.25) is 0 Å². The number of fused-ring (bicyclic) bond motifs is 2. The van der Waals surface area contributed by atoms with Crippen LogP contribution in [0.1, 0.15) is 43.0 Å². The number of nitrogens with zero attached hydrogens (tertiary/aromatic N) is 3. The first-order valence-electron chi connectivity index (χ1n) is 11.3. The molecule has 0 fully saturated rings. The highest BCUT2D eigenvalue weighted by Crippen LogP contribution is 2.43. The van der Waals surface area contributed by atoms with E-state index in [-0.39, 0.29) is 11.8 Å². The Labute approximate surface area is 201 Å². The Bertz CT molecular complexity index is 1380. The molecule has 3 heterocycles. The first kappa shape index (κ1) is 22.2. The van der Waals surface area contributed by atoms with Crippen molar-refractivity contribution < 1.29 is 19.0 Å². The predicted molar refractivity (Wildman–Crippen MR) is 132 cm³/mol. The molecule has 1 N–H and O–H groups in total. The second kappa shape index (κ2) is 8.98. The maximum Gasteiger partial charge on any atom is 0.226 e. The number of hydrogen-bond donors (Lipinski definition) is 1. The van der Waals surface area contributed by atoms with Gasteiger partial charge in [0.25, 0.3) is 0 Å². The molecule has 1 atom stereocenters. The van der Waals surface area contributed by atoms with Crippen LogP contribution in [-0.4, -0.2) is 41.0 Å². The molecule has 1 amide bonds. The molecule has 34 heavy (non-hydrogen) atoms. The van der Waals surface area contributed by atoms with E-state index in [2.05, 4.69) is 5.32 Å². The number of rotatable bonds is 7. The lowest BCUT2D eigenvalue weighted by Crippen LogP contribution is -2.25. The molecule has 0 saturated carbocycles. The number of thiazole rings is 1. The number of aryl methyl sites for hydroxylation is 1. The molecular formula is C25H26N4O4S. The molecule has 0 saturated heterocycles. The minimum Gasteiger partial charge on any atom is -0.494 e. The van der Waals surface area contributed by atoms with E-state index in [0.717, 1.165) is 32.8 Å². The highest BCUT2D eigenvalue weighted by atomic mass is 32.1. The van der Waals surface area contributed by atoms with E-state index in [9.17, 15) is 4.79 Å². The zero-order chi connectivity index (χ0) is 23.8. The zero-order valence-electron chi connectivity index (χ0n) is 19.5. The molecule has 0 unspecified atom stereocenters. The van der Waals surface area contributed by atoms with Crippen molar-refractivity contribution in [2.24, 2.45) is 0 Å². The van der Waals surface area contributed by atoms with E-state index < -0.39 is 0 Å². The third kappa shape index (κ3) is 3.86. The Morgan fingerprint density at radius 2 is 1.94 bits per heavy atom. The van der Waals surface area contributed by atoms with Crippen molar-refractivity contribution in [1.29, 1.82) is 0 Å². The Kier molecular flexibility index (Phi) is 5.87. The van der Waals surface area contributed by atoms with Gasteiger partial charge in [-0.2, -0.15) is 9.78 Å². The summed E-state index contributed by atoms with van der Waals surface area (Å²) >= 11 is 1.51. The lowest BCUT2D eigenvalue weighted by atomic mass is 9.85. The summed E-state index contributed by atoms with van der Waals surface area (Å²) in [7, 11) is 1.62. The van der Waals surface area contributed by atoms with Crippen LogP contribution in [-0.2, 0) is 4.79 Å². The lowest BCUT2D eigenvalue weighted by molar-refractivity contribution is -0.116. The number of amides is 1. The quantitative estimate of drug-likeness (QED) is 0.399. The largest absolute Gasteiger partial charge is 0.494 e. The fourth-order valence-electron chi connectivity index (χ4n) is 4.39. The van der Waals surface area contributed by atoms with Crippen LogP contribution in [0.4, 0.5) is 5.82 Å². The van der Waals surface area contributed by atoms with Crippen LogP contribution in [0.15, 0.2) is 36.4 Å². The molecule has 0 bridgehead atoms. The minimum atomic E-state index is -0.152. The molecule has 1 aliphatic heterocycles. The van der Waals surface area contributed by atoms with Gasteiger partial charge in [-0.25, -0.2) is 4.98 Å². The maximum atomic E-state index is 12.8. The number of carbonyl (C=O) groups excluding carboxylic acids is 1. The Morgan fingerprint density at radius 1 is 1.12 bits per heavy atom. The number of hydrogen-bond acceptors (Lipinski definition) is 7. The Balaban J connectivity index is 1.58. The van der Waals surface area contributed by atoms with Gasteiger partial charge in [0.05, 0.1) is 36.2 Å². The summed E-state index contributed by atoms with van der Waals surface area (Å²) in [5, 5.41) is 8.50. The molecular weight excluding hydrogens is 452 g/mol. The van der Waals surface area contributed by atoms with Gasteiger partial charge in [-0.1, -0.05) is 17.4 Å². The second-order valence-corrected chi connectivity index (χ2v) is 8.98. The van der Waals surface area contributed by atoms with Gasteiger partial charge >= 0.3 is 0 Å². The number of aromatic nitrogens is 3. The summed E-state index contributed by atoms with van der Waals surface area (Å²) in [5.41, 5.74) is 3.67. The van der Waals surface area contributed by atoms with Gasteiger partial charge in [-0.3, -0.25) is 4.79 Å². The van der Waals surface area contributed by atoms with Gasteiger partial charge in [-0.05, 0) is 56.7 Å². The van der Waals surface area contributed by atoms with Gasteiger partial charge in [0.2, 0.25) is 11.0 Å². The van der Waals surface area contributed by atoms with Crippen LogP contribution in [0, 0.1) is 6.92 Å². The number of anilines is 1. The second-order valence-electron chi connectivity index (χ2n) is 7.97. The summed E-state index contributed by atoms with van der Waals surface area (Å²) in [5.74, 6) is 2.58. The molecule has 2 aromatic heterocycles. The van der Waals surface area contributed by atoms with Crippen LogP contribution in [0.25, 0.3) is 15.3 Å². The highest BCUT2D eigenvalue weighted by Gasteiger charge is 2.33. The zero-order valence-corrected chi connectivity index (χ0v) is 20.4. The fraction of sp³-hybridized carbons (Fsp3) is 0.320. The van der Waals surface area contributed by atoms with Crippen molar-refractivity contribution in [3.8, 4) is 22.4 Å². The number of methoxy groups -OCH3 is 1. The van der Waals surface area contributed by atoms with Crippen molar-refractivity contribution in [3.63, 3.8) is 0 Å². The van der Waals surface area contributed by atoms with E-state index in [1.54, 1.807) is 11.8 Å². The summed E-state index contributed by atoms with van der Waals surface area (Å²) in [6, 6.07) is 11.7. The Morgan fingerprint density at radius 3 is 2.71 bits per heavy atom. The summed E-state index contributed by atoms with van der Waals surface area (Å²) < 4.78 is 19.6. The monoisotopic (exact) mass is 478 g/mol. The predicted octanol–water partition coefficient (Wildman–Crippen LogP) is 5.07. The van der Waals surface area contributed by atoms with E-state index in [1.165, 1.54) is 11.3 Å². The first-order chi connectivity index (χ1) is 16.5. The summed E-state index contributed by atoms with van der Waals surface area (Å²) in [6.07, 6.45) is 0.328. The van der Waals surface area contributed by atoms with Crippen LogP contribution < -0.4 is 19.5 Å². The van der Waals surface area contributed by atoms with Crippen molar-refractivity contribution in [2.45, 2.75) is 33.1 Å². The smallest absolute Gasteiger partial charge is 0.226 e. The molecule has 8 nitrogen and oxygen atoms in total. The topological polar surface area (TPSA) is 87.5 Å². The van der Waals surface area contributed by atoms with E-state index in [4.69, 9.17) is 24.3 Å². The van der Waals surface area contributed by atoms with Gasteiger partial charge in [0.1, 0.15) is 11.6 Å².